The van der Waals surface area contributed by atoms with E-state index in [0.29, 0.717) is 5.41 Å². The Morgan fingerprint density at radius 2 is 0.864 bits per heavy atom. The molecule has 0 aliphatic heterocycles. The van der Waals surface area contributed by atoms with Gasteiger partial charge in [0.2, 0.25) is 0 Å². The van der Waals surface area contributed by atoms with E-state index in [-0.39, 0.29) is 0 Å². The van der Waals surface area contributed by atoms with Gasteiger partial charge < -0.3 is 0 Å². The lowest BCUT2D eigenvalue weighted by Crippen LogP contribution is -2.26. The molecule has 5 rings (SSSR count). The van der Waals surface area contributed by atoms with Crippen LogP contribution in [0.3, 0.4) is 0 Å². The van der Waals surface area contributed by atoms with Gasteiger partial charge in [0, 0.05) is 5.41 Å². The molecule has 0 saturated heterocycles. The van der Waals surface area contributed by atoms with Crippen molar-refractivity contribution in [1.29, 1.82) is 0 Å². The highest BCUT2D eigenvalue weighted by Crippen LogP contribution is 3.49. The van der Waals surface area contributed by atoms with Crippen LogP contribution in [0.25, 0.3) is 0 Å². The quantitative estimate of drug-likeness (QED) is 0.570. The Hall–Kier alpha value is -0.129. The molecule has 0 N–H and O–H groups in total. The second kappa shape index (κ2) is 3.31. The van der Waals surface area contributed by atoms with E-state index in [9.17, 15) is 0 Å². The second-order valence-electron chi connectivity index (χ2n) is 11.1. The molecule has 0 heterocycles. The van der Waals surface area contributed by atoms with Gasteiger partial charge in [-0.2, -0.15) is 0 Å². The van der Waals surface area contributed by atoms with Crippen molar-refractivity contribution in [2.45, 2.75) is 79.5 Å². The van der Waals surface area contributed by atoms with E-state index in [1.165, 1.54) is 0 Å². The fourth-order valence-electron chi connectivity index (χ4n) is 8.46. The van der Waals surface area contributed by atoms with Crippen molar-refractivity contribution in [2.24, 2.45) is 0 Å². The molecule has 1 aromatic rings. The Bertz CT molecular complexity index is 597. The van der Waals surface area contributed by atoms with Crippen LogP contribution in [0.5, 0.6) is 0 Å². The summed E-state index contributed by atoms with van der Waals surface area (Å²) >= 11 is 0. The molecular formula is C19H32Si3. The Balaban J connectivity index is 1.99. The van der Waals surface area contributed by atoms with Crippen molar-refractivity contribution in [1.82, 2.24) is 0 Å². The summed E-state index contributed by atoms with van der Waals surface area (Å²) in [4.78, 5) is 0. The fourth-order valence-corrected chi connectivity index (χ4v) is 29.3. The number of hydrogen-bond donors (Lipinski definition) is 0. The zero-order chi connectivity index (χ0) is 16.6. The topological polar surface area (TPSA) is 0 Å². The van der Waals surface area contributed by atoms with E-state index in [0.717, 1.165) is 15.1 Å². The van der Waals surface area contributed by atoms with Gasteiger partial charge in [-0.3, -0.25) is 0 Å². The standard InChI is InChI=1S/C19H32Si3/c1-20(2,3)17-16(15-13-11-10-12-14-15)18(17,21(4,5)6)19(16,17)22(7,8)9/h10-14H,1-9H3. The molecule has 120 valence electrons. The summed E-state index contributed by atoms with van der Waals surface area (Å²) in [6.07, 6.45) is 0. The minimum atomic E-state index is -1.19. The van der Waals surface area contributed by atoms with Gasteiger partial charge in [-0.05, 0) is 20.7 Å². The van der Waals surface area contributed by atoms with E-state index in [1.54, 1.807) is 5.56 Å². The van der Waals surface area contributed by atoms with Crippen LogP contribution in [0.1, 0.15) is 5.56 Å². The van der Waals surface area contributed by atoms with E-state index >= 15 is 0 Å². The first-order chi connectivity index (χ1) is 9.86. The molecule has 0 spiro atoms. The third kappa shape index (κ3) is 0.938. The monoisotopic (exact) mass is 344 g/mol. The minimum Gasteiger partial charge on any atom is -0.0691 e. The molecule has 0 aromatic heterocycles. The normalized spacial score (nSPS) is 45.3. The van der Waals surface area contributed by atoms with Crippen molar-refractivity contribution in [3.63, 3.8) is 0 Å². The summed E-state index contributed by atoms with van der Waals surface area (Å²) in [6.45, 7) is 24.0. The average Bonchev–Trinajstić information content (AvgIpc) is 3.18. The van der Waals surface area contributed by atoms with E-state index in [1.807, 2.05) is 0 Å². The zero-order valence-electron chi connectivity index (χ0n) is 15.9. The van der Waals surface area contributed by atoms with Gasteiger partial charge in [0.25, 0.3) is 0 Å². The molecule has 4 saturated carbocycles. The number of rotatable bonds is 4. The molecule has 4 fully saturated rings. The van der Waals surface area contributed by atoms with Crippen LogP contribution < -0.4 is 0 Å². The van der Waals surface area contributed by atoms with Gasteiger partial charge in [0.1, 0.15) is 0 Å². The third-order valence-electron chi connectivity index (χ3n) is 7.71. The van der Waals surface area contributed by atoms with Crippen LogP contribution in [-0.2, 0) is 5.41 Å². The summed E-state index contributed by atoms with van der Waals surface area (Å²) in [7, 11) is -3.56. The SMILES string of the molecule is C[Si](C)(C)C12C3(c4ccccc4)C1([Si](C)(C)C)C32[Si](C)(C)C. The summed E-state index contributed by atoms with van der Waals surface area (Å²) in [6, 6.07) is 11.7. The van der Waals surface area contributed by atoms with E-state index < -0.39 is 24.2 Å². The lowest BCUT2D eigenvalue weighted by atomic mass is 10.1. The first kappa shape index (κ1) is 15.4. The van der Waals surface area contributed by atoms with Crippen LogP contribution in [0.4, 0.5) is 0 Å². The maximum Gasteiger partial charge on any atom is 0.0525 e. The fraction of sp³-hybridized carbons (Fsp3) is 0.684. The van der Waals surface area contributed by atoms with Crippen molar-refractivity contribution < 1.29 is 0 Å². The second-order valence-corrected chi connectivity index (χ2v) is 26.9. The van der Waals surface area contributed by atoms with Crippen molar-refractivity contribution >= 4 is 24.2 Å². The molecule has 0 radical (unpaired) electrons. The van der Waals surface area contributed by atoms with E-state index in [4.69, 9.17) is 0 Å². The Morgan fingerprint density at radius 1 is 0.545 bits per heavy atom. The molecule has 0 nitrogen and oxygen atoms in total. The summed E-state index contributed by atoms with van der Waals surface area (Å²) in [5.74, 6) is 0. The highest BCUT2D eigenvalue weighted by molar-refractivity contribution is 7.06. The van der Waals surface area contributed by atoms with Gasteiger partial charge in [0.15, 0.2) is 0 Å². The van der Waals surface area contributed by atoms with Crippen LogP contribution in [0.2, 0.25) is 74.0 Å². The van der Waals surface area contributed by atoms with Crippen molar-refractivity contribution in [2.75, 3.05) is 0 Å². The van der Waals surface area contributed by atoms with Crippen LogP contribution >= 0.6 is 0 Å². The maximum atomic E-state index is 2.67. The number of benzene rings is 1. The summed E-state index contributed by atoms with van der Waals surface area (Å²) in [5.41, 5.74) is 2.33. The van der Waals surface area contributed by atoms with E-state index in [2.05, 4.69) is 89.3 Å². The Kier molecular flexibility index (Phi) is 2.32. The molecule has 0 atom stereocenters. The predicted molar refractivity (Wildman–Crippen MR) is 106 cm³/mol. The lowest BCUT2D eigenvalue weighted by Gasteiger charge is -2.20. The van der Waals surface area contributed by atoms with Gasteiger partial charge >= 0.3 is 0 Å². The molecule has 1 aromatic carbocycles. The Morgan fingerprint density at radius 3 is 1.14 bits per heavy atom. The molecule has 3 heteroatoms. The first-order valence-electron chi connectivity index (χ1n) is 8.91. The number of hydrogen-bond acceptors (Lipinski definition) is 0. The van der Waals surface area contributed by atoms with Crippen LogP contribution in [-0.4, -0.2) is 24.2 Å². The highest BCUT2D eigenvalue weighted by Gasteiger charge is 3.38. The molecule has 4 aliphatic rings. The minimum absolute atomic E-state index is 0.619. The van der Waals surface area contributed by atoms with Gasteiger partial charge in [0.05, 0.1) is 24.2 Å². The zero-order valence-corrected chi connectivity index (χ0v) is 18.9. The van der Waals surface area contributed by atoms with Gasteiger partial charge in [-0.25, -0.2) is 0 Å². The molecule has 0 amide bonds. The molecular weight excluding hydrogens is 312 g/mol. The lowest BCUT2D eigenvalue weighted by molar-refractivity contribution is 1.08. The molecule has 0 unspecified atom stereocenters. The smallest absolute Gasteiger partial charge is 0.0525 e. The highest BCUT2D eigenvalue weighted by atomic mass is 28.3. The largest absolute Gasteiger partial charge is 0.0691 e. The summed E-state index contributed by atoms with van der Waals surface area (Å²) in [5, 5.41) is 2.28. The van der Waals surface area contributed by atoms with Gasteiger partial charge in [-0.1, -0.05) is 89.3 Å². The predicted octanol–water partition coefficient (Wildman–Crippen LogP) is 6.20. The van der Waals surface area contributed by atoms with Crippen molar-refractivity contribution in [3.8, 4) is 0 Å². The van der Waals surface area contributed by atoms with Gasteiger partial charge in [-0.15, -0.1) is 0 Å². The third-order valence-corrected chi connectivity index (χ3v) is 18.6. The van der Waals surface area contributed by atoms with Crippen molar-refractivity contribution in [3.05, 3.63) is 35.9 Å². The molecule has 4 aliphatic carbocycles. The summed E-state index contributed by atoms with van der Waals surface area (Å²) < 4.78 is 0. The first-order valence-corrected chi connectivity index (χ1v) is 19.4. The average molecular weight is 345 g/mol. The molecule has 22 heavy (non-hydrogen) atoms. The van der Waals surface area contributed by atoms with Crippen LogP contribution in [0, 0.1) is 0 Å². The van der Waals surface area contributed by atoms with Crippen LogP contribution in [0.15, 0.2) is 30.3 Å². The Labute approximate surface area is 139 Å². The maximum absolute atomic E-state index is 2.67. The molecule has 0 bridgehead atoms.